The highest BCUT2D eigenvalue weighted by Crippen LogP contribution is 2.39. The number of ether oxygens (including phenoxy) is 2. The Kier molecular flexibility index (Phi) is 6.71. The smallest absolute Gasteiger partial charge is 0.337 e. The zero-order chi connectivity index (χ0) is 21.0. The number of hydrogen-bond acceptors (Lipinski definition) is 7. The highest BCUT2D eigenvalue weighted by atomic mass is 16.6. The Morgan fingerprint density at radius 3 is 2.72 bits per heavy atom. The molecular weight excluding hydrogens is 376 g/mol. The lowest BCUT2D eigenvalue weighted by Gasteiger charge is -2.38. The van der Waals surface area contributed by atoms with Crippen molar-refractivity contribution in [3.8, 4) is 5.75 Å². The van der Waals surface area contributed by atoms with Gasteiger partial charge in [-0.25, -0.2) is 4.79 Å². The van der Waals surface area contributed by atoms with Gasteiger partial charge in [0.2, 0.25) is 6.29 Å². The van der Waals surface area contributed by atoms with Crippen LogP contribution in [-0.2, 0) is 25.5 Å². The summed E-state index contributed by atoms with van der Waals surface area (Å²) in [5, 5.41) is 29.4. The number of aromatic hydroxyl groups is 1. The average molecular weight is 402 g/mol. The number of carbonyl (C=O) groups excluding carboxylic acids is 2. The molecule has 29 heavy (non-hydrogen) atoms. The summed E-state index contributed by atoms with van der Waals surface area (Å²) in [5.41, 5.74) is 1.31. The predicted octanol–water partition coefficient (Wildman–Crippen LogP) is 2.00. The van der Waals surface area contributed by atoms with E-state index in [1.54, 1.807) is 30.3 Å². The molecule has 2 heterocycles. The minimum Gasteiger partial charge on any atom is -0.508 e. The number of aryl methyl sites for hydroxylation is 1. The van der Waals surface area contributed by atoms with E-state index in [1.807, 2.05) is 0 Å². The normalized spacial score (nSPS) is 27.1. The second-order valence-corrected chi connectivity index (χ2v) is 7.59. The molecule has 0 aromatic heterocycles. The van der Waals surface area contributed by atoms with Crippen LogP contribution < -0.4 is 0 Å². The van der Waals surface area contributed by atoms with Crippen LogP contribution in [0.3, 0.4) is 0 Å². The minimum absolute atomic E-state index is 0.0177. The molecule has 0 bridgehead atoms. The summed E-state index contributed by atoms with van der Waals surface area (Å²) in [7, 11) is 0. The highest BCUT2D eigenvalue weighted by Gasteiger charge is 2.43. The number of phenols is 1. The van der Waals surface area contributed by atoms with Crippen LogP contribution in [0.5, 0.6) is 5.75 Å². The molecule has 0 unspecified atom stereocenters. The summed E-state index contributed by atoms with van der Waals surface area (Å²) in [5.74, 6) is -1.31. The third-order valence-corrected chi connectivity index (χ3v) is 5.45. The molecular formula is C22H26O7. The van der Waals surface area contributed by atoms with Crippen molar-refractivity contribution < 1.29 is 34.4 Å². The van der Waals surface area contributed by atoms with Gasteiger partial charge < -0.3 is 24.8 Å². The van der Waals surface area contributed by atoms with Gasteiger partial charge in [0.1, 0.15) is 17.6 Å². The number of benzene rings is 1. The summed E-state index contributed by atoms with van der Waals surface area (Å²) >= 11 is 0. The van der Waals surface area contributed by atoms with E-state index in [0.29, 0.717) is 24.8 Å². The van der Waals surface area contributed by atoms with Crippen LogP contribution in [0.1, 0.15) is 31.2 Å². The third kappa shape index (κ3) is 5.25. The maximum atomic E-state index is 12.4. The molecule has 3 N–H and O–H groups in total. The summed E-state index contributed by atoms with van der Waals surface area (Å²) in [6, 6.07) is 6.71. The third-order valence-electron chi connectivity index (χ3n) is 5.45. The number of ketones is 1. The molecule has 3 rings (SSSR count). The molecule has 0 aliphatic carbocycles. The van der Waals surface area contributed by atoms with Gasteiger partial charge in [-0.2, -0.15) is 0 Å². The maximum Gasteiger partial charge on any atom is 0.337 e. The number of hydrogen-bond donors (Lipinski definition) is 3. The lowest BCUT2D eigenvalue weighted by Crippen LogP contribution is -2.42. The van der Waals surface area contributed by atoms with Crippen molar-refractivity contribution in [2.24, 2.45) is 11.8 Å². The minimum atomic E-state index is -1.08. The summed E-state index contributed by atoms with van der Waals surface area (Å²) < 4.78 is 10.4. The largest absolute Gasteiger partial charge is 0.508 e. The van der Waals surface area contributed by atoms with Crippen LogP contribution in [-0.4, -0.2) is 45.6 Å². The fourth-order valence-electron chi connectivity index (χ4n) is 3.87. The van der Waals surface area contributed by atoms with Gasteiger partial charge in [-0.15, -0.1) is 6.58 Å². The number of aliphatic hydroxyl groups excluding tert-OH is 2. The quantitative estimate of drug-likeness (QED) is 0.450. The van der Waals surface area contributed by atoms with E-state index in [2.05, 4.69) is 6.58 Å². The SMILES string of the molecule is C=C[C@H]1[C@H](O)OC=C2C(=O)O[C@@H](CC(=O)C[C@@H](O)CCc3ccc(O)cc3)C[C@H]21. The van der Waals surface area contributed by atoms with E-state index in [-0.39, 0.29) is 30.3 Å². The number of rotatable bonds is 8. The summed E-state index contributed by atoms with van der Waals surface area (Å²) in [6.45, 7) is 3.69. The van der Waals surface area contributed by atoms with E-state index in [9.17, 15) is 24.9 Å². The van der Waals surface area contributed by atoms with E-state index >= 15 is 0 Å². The van der Waals surface area contributed by atoms with Gasteiger partial charge >= 0.3 is 5.97 Å². The van der Waals surface area contributed by atoms with E-state index in [1.165, 1.54) is 6.26 Å². The van der Waals surface area contributed by atoms with E-state index in [0.717, 1.165) is 5.56 Å². The first-order chi connectivity index (χ1) is 13.9. The Morgan fingerprint density at radius 2 is 2.03 bits per heavy atom. The van der Waals surface area contributed by atoms with Gasteiger partial charge in [0.05, 0.1) is 17.9 Å². The molecule has 1 fully saturated rings. The molecule has 7 nitrogen and oxygen atoms in total. The van der Waals surface area contributed by atoms with Crippen LogP contribution in [0.25, 0.3) is 0 Å². The average Bonchev–Trinajstić information content (AvgIpc) is 2.67. The Balaban J connectivity index is 1.50. The van der Waals surface area contributed by atoms with E-state index < -0.39 is 30.4 Å². The van der Waals surface area contributed by atoms with Gasteiger partial charge in [0.25, 0.3) is 0 Å². The molecule has 0 spiro atoms. The van der Waals surface area contributed by atoms with Gasteiger partial charge in [0, 0.05) is 24.7 Å². The highest BCUT2D eigenvalue weighted by molar-refractivity contribution is 5.90. The number of Topliss-reactive ketones (excluding diaryl/α,β-unsaturated/α-hetero) is 1. The number of cyclic esters (lactones) is 1. The molecule has 2 aliphatic heterocycles. The molecule has 156 valence electrons. The standard InChI is InChI=1S/C22H26O7/c1-2-18-19-11-17(29-22(27)20(19)12-28-21(18)26)10-16(25)9-15(24)8-5-13-3-6-14(23)7-4-13/h2-4,6-7,12,15,17-19,21,23-24,26H,1,5,8-11H2/t15-,17-,18+,19-,21+/m0/s1. The summed E-state index contributed by atoms with van der Waals surface area (Å²) in [4.78, 5) is 24.6. The van der Waals surface area contributed by atoms with E-state index in [4.69, 9.17) is 9.47 Å². The number of esters is 1. The molecule has 2 aliphatic rings. The molecule has 1 saturated heterocycles. The number of aliphatic hydroxyl groups is 2. The first kappa shape index (κ1) is 21.1. The van der Waals surface area contributed by atoms with Crippen LogP contribution in [0.15, 0.2) is 48.8 Å². The second kappa shape index (κ2) is 9.24. The van der Waals surface area contributed by atoms with Gasteiger partial charge in [0.15, 0.2) is 0 Å². The zero-order valence-corrected chi connectivity index (χ0v) is 16.1. The fraction of sp³-hybridized carbons (Fsp3) is 0.455. The van der Waals surface area contributed by atoms with Crippen LogP contribution >= 0.6 is 0 Å². The van der Waals surface area contributed by atoms with Crippen molar-refractivity contribution in [3.63, 3.8) is 0 Å². The van der Waals surface area contributed by atoms with Crippen molar-refractivity contribution >= 4 is 11.8 Å². The maximum absolute atomic E-state index is 12.4. The molecule has 0 saturated carbocycles. The molecule has 0 radical (unpaired) electrons. The zero-order valence-electron chi connectivity index (χ0n) is 16.1. The first-order valence-corrected chi connectivity index (χ1v) is 9.72. The number of fused-ring (bicyclic) bond motifs is 1. The van der Waals surface area contributed by atoms with Crippen molar-refractivity contribution in [2.75, 3.05) is 0 Å². The van der Waals surface area contributed by atoms with Crippen molar-refractivity contribution in [3.05, 3.63) is 54.3 Å². The monoisotopic (exact) mass is 402 g/mol. The van der Waals surface area contributed by atoms with Crippen molar-refractivity contribution in [1.29, 1.82) is 0 Å². The Hall–Kier alpha value is -2.64. The van der Waals surface area contributed by atoms with Crippen LogP contribution in [0.4, 0.5) is 0 Å². The lowest BCUT2D eigenvalue weighted by molar-refractivity contribution is -0.160. The van der Waals surface area contributed by atoms with Gasteiger partial charge in [-0.05, 0) is 37.0 Å². The van der Waals surface area contributed by atoms with Crippen LogP contribution in [0, 0.1) is 11.8 Å². The lowest BCUT2D eigenvalue weighted by atomic mass is 9.78. The molecule has 1 aromatic carbocycles. The summed E-state index contributed by atoms with van der Waals surface area (Å²) in [6.07, 6.45) is 1.69. The Morgan fingerprint density at radius 1 is 1.31 bits per heavy atom. The Labute approximate surface area is 169 Å². The topological polar surface area (TPSA) is 113 Å². The molecule has 0 amide bonds. The van der Waals surface area contributed by atoms with Gasteiger partial charge in [-0.1, -0.05) is 18.2 Å². The fourth-order valence-corrected chi connectivity index (χ4v) is 3.87. The van der Waals surface area contributed by atoms with Crippen molar-refractivity contribution in [1.82, 2.24) is 0 Å². The number of phenolic OH excluding ortho intramolecular Hbond substituents is 1. The molecule has 7 heteroatoms. The number of carbonyl (C=O) groups is 2. The molecule has 5 atom stereocenters. The predicted molar refractivity (Wildman–Crippen MR) is 104 cm³/mol. The van der Waals surface area contributed by atoms with Crippen molar-refractivity contribution in [2.45, 2.75) is 50.6 Å². The van der Waals surface area contributed by atoms with Crippen LogP contribution in [0.2, 0.25) is 0 Å². The second-order valence-electron chi connectivity index (χ2n) is 7.59. The molecule has 1 aromatic rings. The Bertz CT molecular complexity index is 783. The first-order valence-electron chi connectivity index (χ1n) is 9.72. The van der Waals surface area contributed by atoms with Gasteiger partial charge in [-0.3, -0.25) is 4.79 Å².